The minimum absolute atomic E-state index is 0.195. The minimum Gasteiger partial charge on any atom is -0.355 e. The Bertz CT molecular complexity index is 1040. The van der Waals surface area contributed by atoms with Crippen LogP contribution < -0.4 is 9.62 Å². The van der Waals surface area contributed by atoms with Crippen LogP contribution in [0.2, 0.25) is 0 Å². The standard InChI is InChI=1S/C24H34N4O4S/c1-6-22(24(30)25-7-2)27(17-20-13-11-12-19(3)16-20)23(29)18-28(33(31,32)26(4)5)21-14-9-8-10-15-21/h8-16,22H,6-7,17-18H2,1-5H3,(H,25,30). The molecule has 0 aliphatic heterocycles. The molecule has 0 aliphatic rings. The molecular weight excluding hydrogens is 440 g/mol. The molecule has 2 rings (SSSR count). The van der Waals surface area contributed by atoms with E-state index in [9.17, 15) is 18.0 Å². The number of hydrogen-bond donors (Lipinski definition) is 1. The van der Waals surface area contributed by atoms with Crippen molar-refractivity contribution in [2.24, 2.45) is 0 Å². The number of hydrogen-bond acceptors (Lipinski definition) is 4. The van der Waals surface area contributed by atoms with Crippen LogP contribution in [-0.4, -0.2) is 62.7 Å². The summed E-state index contributed by atoms with van der Waals surface area (Å²) in [7, 11) is -1.10. The number of amides is 2. The van der Waals surface area contributed by atoms with Crippen molar-refractivity contribution in [1.29, 1.82) is 0 Å². The number of anilines is 1. The second-order valence-corrected chi connectivity index (χ2v) is 10.0. The molecule has 33 heavy (non-hydrogen) atoms. The second kappa shape index (κ2) is 11.8. The Morgan fingerprint density at radius 1 is 1.00 bits per heavy atom. The van der Waals surface area contributed by atoms with E-state index in [1.807, 2.05) is 45.0 Å². The van der Waals surface area contributed by atoms with Gasteiger partial charge in [-0.15, -0.1) is 0 Å². The number of carbonyl (C=O) groups excluding carboxylic acids is 2. The van der Waals surface area contributed by atoms with Gasteiger partial charge in [0.2, 0.25) is 11.8 Å². The zero-order chi connectivity index (χ0) is 24.6. The van der Waals surface area contributed by atoms with E-state index in [1.165, 1.54) is 19.0 Å². The Morgan fingerprint density at radius 3 is 2.21 bits per heavy atom. The molecule has 8 nitrogen and oxygen atoms in total. The second-order valence-electron chi connectivity index (χ2n) is 7.96. The van der Waals surface area contributed by atoms with Crippen molar-refractivity contribution >= 4 is 27.7 Å². The van der Waals surface area contributed by atoms with Gasteiger partial charge >= 0.3 is 10.2 Å². The van der Waals surface area contributed by atoms with Crippen LogP contribution in [0, 0.1) is 6.92 Å². The summed E-state index contributed by atoms with van der Waals surface area (Å²) in [6.45, 7) is 5.82. The van der Waals surface area contributed by atoms with E-state index in [0.717, 1.165) is 19.7 Å². The highest BCUT2D eigenvalue weighted by Crippen LogP contribution is 2.21. The minimum atomic E-state index is -3.94. The van der Waals surface area contributed by atoms with Gasteiger partial charge in [0, 0.05) is 27.2 Å². The predicted molar refractivity (Wildman–Crippen MR) is 131 cm³/mol. The van der Waals surface area contributed by atoms with Crippen LogP contribution >= 0.6 is 0 Å². The van der Waals surface area contributed by atoms with E-state index >= 15 is 0 Å². The van der Waals surface area contributed by atoms with Crippen molar-refractivity contribution in [1.82, 2.24) is 14.5 Å². The fourth-order valence-electron chi connectivity index (χ4n) is 3.53. The topological polar surface area (TPSA) is 90.0 Å². The highest BCUT2D eigenvalue weighted by Gasteiger charge is 2.33. The molecule has 0 saturated heterocycles. The van der Waals surface area contributed by atoms with Gasteiger partial charge in [-0.3, -0.25) is 9.59 Å². The Balaban J connectivity index is 2.47. The summed E-state index contributed by atoms with van der Waals surface area (Å²) in [4.78, 5) is 27.9. The maximum Gasteiger partial charge on any atom is 0.304 e. The van der Waals surface area contributed by atoms with Gasteiger partial charge in [-0.25, -0.2) is 4.31 Å². The lowest BCUT2D eigenvalue weighted by atomic mass is 10.1. The van der Waals surface area contributed by atoms with Crippen LogP contribution in [0.15, 0.2) is 54.6 Å². The SMILES string of the molecule is CCNC(=O)C(CC)N(Cc1cccc(C)c1)C(=O)CN(c1ccccc1)S(=O)(=O)N(C)C. The number of rotatable bonds is 11. The third-order valence-corrected chi connectivity index (χ3v) is 7.06. The number of aryl methyl sites for hydroxylation is 1. The van der Waals surface area contributed by atoms with Gasteiger partial charge < -0.3 is 10.2 Å². The van der Waals surface area contributed by atoms with E-state index < -0.39 is 28.7 Å². The van der Waals surface area contributed by atoms with E-state index in [1.54, 1.807) is 30.3 Å². The Hall–Kier alpha value is -2.91. The van der Waals surface area contributed by atoms with Gasteiger partial charge in [-0.2, -0.15) is 12.7 Å². The first-order chi connectivity index (χ1) is 15.6. The average molecular weight is 475 g/mol. The molecule has 0 aromatic heterocycles. The number of para-hydroxylation sites is 1. The maximum atomic E-state index is 13.6. The summed E-state index contributed by atoms with van der Waals surface area (Å²) in [5.41, 5.74) is 2.28. The Kier molecular flexibility index (Phi) is 9.43. The molecule has 1 unspecified atom stereocenters. The summed E-state index contributed by atoms with van der Waals surface area (Å²) in [6, 6.07) is 15.5. The molecule has 1 N–H and O–H groups in total. The highest BCUT2D eigenvalue weighted by molar-refractivity contribution is 7.90. The van der Waals surface area contributed by atoms with Gasteiger partial charge in [0.25, 0.3) is 0 Å². The average Bonchev–Trinajstić information content (AvgIpc) is 2.77. The first kappa shape index (κ1) is 26.3. The van der Waals surface area contributed by atoms with Crippen LogP contribution in [0.25, 0.3) is 0 Å². The summed E-state index contributed by atoms with van der Waals surface area (Å²) in [6.07, 6.45) is 0.398. The van der Waals surface area contributed by atoms with Crippen molar-refractivity contribution in [3.63, 3.8) is 0 Å². The Morgan fingerprint density at radius 2 is 1.67 bits per heavy atom. The van der Waals surface area contributed by atoms with Crippen molar-refractivity contribution in [3.8, 4) is 0 Å². The van der Waals surface area contributed by atoms with E-state index in [0.29, 0.717) is 18.7 Å². The van der Waals surface area contributed by atoms with Crippen molar-refractivity contribution < 1.29 is 18.0 Å². The van der Waals surface area contributed by atoms with E-state index in [2.05, 4.69) is 5.32 Å². The molecule has 1 atom stereocenters. The third kappa shape index (κ3) is 6.79. The zero-order valence-electron chi connectivity index (χ0n) is 20.0. The molecule has 2 aromatic rings. The molecule has 0 aliphatic carbocycles. The molecule has 0 heterocycles. The monoisotopic (exact) mass is 474 g/mol. The van der Waals surface area contributed by atoms with Gasteiger partial charge in [0.1, 0.15) is 12.6 Å². The van der Waals surface area contributed by atoms with Crippen LogP contribution in [0.5, 0.6) is 0 Å². The molecule has 0 fully saturated rings. The van der Waals surface area contributed by atoms with Gasteiger partial charge in [0.05, 0.1) is 5.69 Å². The molecule has 0 bridgehead atoms. The van der Waals surface area contributed by atoms with Crippen molar-refractivity contribution in [2.45, 2.75) is 39.8 Å². The third-order valence-electron chi connectivity index (χ3n) is 5.24. The summed E-state index contributed by atoms with van der Waals surface area (Å²) in [5.74, 6) is -0.716. The first-order valence-electron chi connectivity index (χ1n) is 11.0. The molecule has 180 valence electrons. The highest BCUT2D eigenvalue weighted by atomic mass is 32.2. The maximum absolute atomic E-state index is 13.6. The molecule has 0 radical (unpaired) electrons. The van der Waals surface area contributed by atoms with Gasteiger partial charge in [0.15, 0.2) is 0 Å². The largest absolute Gasteiger partial charge is 0.355 e. The van der Waals surface area contributed by atoms with Crippen molar-refractivity contribution in [2.75, 3.05) is 31.5 Å². The number of nitrogens with one attached hydrogen (secondary N) is 1. The van der Waals surface area contributed by atoms with Crippen LogP contribution in [-0.2, 0) is 26.3 Å². The number of benzene rings is 2. The zero-order valence-corrected chi connectivity index (χ0v) is 20.8. The lowest BCUT2D eigenvalue weighted by molar-refractivity contribution is -0.140. The van der Waals surface area contributed by atoms with Crippen LogP contribution in [0.1, 0.15) is 31.4 Å². The summed E-state index contributed by atoms with van der Waals surface area (Å²) >= 11 is 0. The lowest BCUT2D eigenvalue weighted by Crippen LogP contribution is -2.53. The number of carbonyl (C=O) groups is 2. The predicted octanol–water partition coefficient (Wildman–Crippen LogP) is 2.55. The normalized spacial score (nSPS) is 12.3. The molecule has 2 aromatic carbocycles. The van der Waals surface area contributed by atoms with Crippen molar-refractivity contribution in [3.05, 3.63) is 65.7 Å². The molecule has 9 heteroatoms. The molecule has 0 saturated carbocycles. The lowest BCUT2D eigenvalue weighted by Gasteiger charge is -2.33. The van der Waals surface area contributed by atoms with E-state index in [4.69, 9.17) is 0 Å². The smallest absolute Gasteiger partial charge is 0.304 e. The molecular formula is C24H34N4O4S. The summed E-state index contributed by atoms with van der Waals surface area (Å²) < 4.78 is 28.3. The fourth-order valence-corrected chi connectivity index (χ4v) is 4.59. The first-order valence-corrected chi connectivity index (χ1v) is 12.4. The molecule has 2 amide bonds. The van der Waals surface area contributed by atoms with Crippen LogP contribution in [0.3, 0.4) is 0 Å². The number of nitrogens with zero attached hydrogens (tertiary/aromatic N) is 3. The van der Waals surface area contributed by atoms with Gasteiger partial charge in [-0.1, -0.05) is 55.0 Å². The number of likely N-dealkylation sites (N-methyl/N-ethyl adjacent to an activating group) is 1. The summed E-state index contributed by atoms with van der Waals surface area (Å²) in [5, 5.41) is 2.79. The quantitative estimate of drug-likeness (QED) is 0.542. The van der Waals surface area contributed by atoms with Gasteiger partial charge in [-0.05, 0) is 38.0 Å². The fraction of sp³-hybridized carbons (Fsp3) is 0.417. The van der Waals surface area contributed by atoms with E-state index in [-0.39, 0.29) is 12.5 Å². The van der Waals surface area contributed by atoms with Crippen LogP contribution in [0.4, 0.5) is 5.69 Å². The molecule has 0 spiro atoms. The Labute approximate surface area is 197 Å².